The maximum absolute atomic E-state index is 2.47. The number of rotatable bonds is 15. The summed E-state index contributed by atoms with van der Waals surface area (Å²) < 4.78 is 2.17. The van der Waals surface area contributed by atoms with Gasteiger partial charge in [-0.3, -0.25) is 0 Å². The highest BCUT2D eigenvalue weighted by Crippen LogP contribution is 2.22. The fourth-order valence-electron chi connectivity index (χ4n) is 3.24. The molecule has 0 N–H and O–H groups in total. The Morgan fingerprint density at radius 3 is 2.03 bits per heavy atom. The Labute approximate surface area is 198 Å². The van der Waals surface area contributed by atoms with Crippen molar-refractivity contribution in [2.24, 2.45) is 0 Å². The second-order valence-corrected chi connectivity index (χ2v) is 10.7. The lowest BCUT2D eigenvalue weighted by Crippen LogP contribution is -2.30. The summed E-state index contributed by atoms with van der Waals surface area (Å²) in [6.45, 7) is 8.85. The van der Waals surface area contributed by atoms with E-state index in [4.69, 9.17) is 0 Å². The first-order valence-electron chi connectivity index (χ1n) is 11.5. The summed E-state index contributed by atoms with van der Waals surface area (Å²) >= 11 is 0. The molecule has 0 amide bonds. The minimum atomic E-state index is 1.01. The highest BCUT2D eigenvalue weighted by molar-refractivity contribution is 8.76. The molecule has 3 nitrogen and oxygen atoms in total. The van der Waals surface area contributed by atoms with Gasteiger partial charge in [0.05, 0.1) is 0 Å². The zero-order chi connectivity index (χ0) is 22.3. The SMILES string of the molecule is CCCSSCCCN(C)CCCN(C)c1ccc(/C=C/c2cc[n+](CC)cc2)cc1. The predicted octanol–water partition coefficient (Wildman–Crippen LogP) is 6.10. The van der Waals surface area contributed by atoms with E-state index in [2.05, 4.69) is 103 Å². The fraction of sp³-hybridized carbons (Fsp3) is 0.500. The molecule has 1 aromatic carbocycles. The Bertz CT molecular complexity index is 744. The molecule has 0 aliphatic carbocycles. The van der Waals surface area contributed by atoms with E-state index in [1.807, 2.05) is 21.6 Å². The quantitative estimate of drug-likeness (QED) is 0.181. The van der Waals surface area contributed by atoms with E-state index in [9.17, 15) is 0 Å². The van der Waals surface area contributed by atoms with E-state index < -0.39 is 0 Å². The first-order valence-corrected chi connectivity index (χ1v) is 14.0. The minimum Gasteiger partial charge on any atom is -0.375 e. The van der Waals surface area contributed by atoms with Crippen molar-refractivity contribution in [3.8, 4) is 0 Å². The fourth-order valence-corrected chi connectivity index (χ4v) is 5.45. The molecule has 170 valence electrons. The molecule has 2 aromatic rings. The lowest BCUT2D eigenvalue weighted by atomic mass is 10.1. The second-order valence-electron chi connectivity index (χ2n) is 7.96. The van der Waals surface area contributed by atoms with Crippen LogP contribution in [0.25, 0.3) is 12.2 Å². The average molecular weight is 459 g/mol. The van der Waals surface area contributed by atoms with Gasteiger partial charge in [-0.2, -0.15) is 0 Å². The third-order valence-corrected chi connectivity index (χ3v) is 7.95. The lowest BCUT2D eigenvalue weighted by Gasteiger charge is -2.22. The van der Waals surface area contributed by atoms with Crippen LogP contribution in [0.4, 0.5) is 5.69 Å². The number of aromatic nitrogens is 1. The molecule has 31 heavy (non-hydrogen) atoms. The van der Waals surface area contributed by atoms with Crippen LogP contribution in [-0.4, -0.2) is 50.1 Å². The van der Waals surface area contributed by atoms with Gasteiger partial charge in [0.2, 0.25) is 0 Å². The third-order valence-electron chi connectivity index (χ3n) is 5.26. The lowest BCUT2D eigenvalue weighted by molar-refractivity contribution is -0.693. The monoisotopic (exact) mass is 458 g/mol. The Hall–Kier alpha value is -1.43. The van der Waals surface area contributed by atoms with Gasteiger partial charge in [-0.05, 0) is 69.6 Å². The van der Waals surface area contributed by atoms with Gasteiger partial charge < -0.3 is 9.80 Å². The molecule has 0 bridgehead atoms. The van der Waals surface area contributed by atoms with E-state index in [1.165, 1.54) is 54.1 Å². The number of hydrogen-bond donors (Lipinski definition) is 0. The van der Waals surface area contributed by atoms with E-state index in [-0.39, 0.29) is 0 Å². The molecule has 0 unspecified atom stereocenters. The first kappa shape index (κ1) is 25.8. The van der Waals surface area contributed by atoms with Crippen LogP contribution in [-0.2, 0) is 6.54 Å². The van der Waals surface area contributed by atoms with Gasteiger partial charge in [0.1, 0.15) is 6.54 Å². The molecule has 2 rings (SSSR count). The number of pyridine rings is 1. The number of anilines is 1. The van der Waals surface area contributed by atoms with Crippen LogP contribution in [0.5, 0.6) is 0 Å². The molecular weight excluding hydrogens is 418 g/mol. The molecule has 1 aromatic heterocycles. The Kier molecular flexibility index (Phi) is 12.8. The predicted molar refractivity (Wildman–Crippen MR) is 143 cm³/mol. The van der Waals surface area contributed by atoms with E-state index in [0.29, 0.717) is 0 Å². The van der Waals surface area contributed by atoms with Gasteiger partial charge in [-0.25, -0.2) is 4.57 Å². The molecule has 5 heteroatoms. The Morgan fingerprint density at radius 2 is 1.39 bits per heavy atom. The topological polar surface area (TPSA) is 10.4 Å². The highest BCUT2D eigenvalue weighted by atomic mass is 33.1. The third kappa shape index (κ3) is 10.6. The number of nitrogens with zero attached hydrogens (tertiary/aromatic N) is 3. The number of aryl methyl sites for hydroxylation is 1. The van der Waals surface area contributed by atoms with E-state index in [0.717, 1.165) is 19.6 Å². The summed E-state index contributed by atoms with van der Waals surface area (Å²) in [6.07, 6.45) is 12.4. The van der Waals surface area contributed by atoms with Crippen molar-refractivity contribution in [2.45, 2.75) is 39.7 Å². The summed E-state index contributed by atoms with van der Waals surface area (Å²) in [5, 5.41) is 0. The molecule has 0 radical (unpaired) electrons. The summed E-state index contributed by atoms with van der Waals surface area (Å²) in [5.74, 6) is 2.54. The summed E-state index contributed by atoms with van der Waals surface area (Å²) in [7, 11) is 8.48. The molecule has 0 saturated carbocycles. The van der Waals surface area contributed by atoms with Crippen LogP contribution in [0.3, 0.4) is 0 Å². The van der Waals surface area contributed by atoms with Crippen LogP contribution < -0.4 is 9.47 Å². The van der Waals surface area contributed by atoms with Crippen molar-refractivity contribution >= 4 is 39.4 Å². The van der Waals surface area contributed by atoms with Crippen LogP contribution in [0.15, 0.2) is 48.8 Å². The molecule has 0 aliphatic heterocycles. The smallest absolute Gasteiger partial charge is 0.169 e. The number of benzene rings is 1. The molecule has 0 spiro atoms. The van der Waals surface area contributed by atoms with Crippen LogP contribution >= 0.6 is 21.6 Å². The molecular formula is C26H40N3S2+. The first-order chi connectivity index (χ1) is 15.1. The highest BCUT2D eigenvalue weighted by Gasteiger charge is 2.03. The van der Waals surface area contributed by atoms with Crippen molar-refractivity contribution in [1.82, 2.24) is 4.90 Å². The largest absolute Gasteiger partial charge is 0.375 e. The molecule has 0 saturated heterocycles. The molecule has 0 aliphatic rings. The summed E-state index contributed by atoms with van der Waals surface area (Å²) in [6, 6.07) is 13.2. The normalized spacial score (nSPS) is 11.5. The molecule has 0 fully saturated rings. The van der Waals surface area contributed by atoms with Crippen molar-refractivity contribution in [3.05, 3.63) is 59.9 Å². The van der Waals surface area contributed by atoms with Gasteiger partial charge in [0.15, 0.2) is 12.4 Å². The van der Waals surface area contributed by atoms with Crippen molar-refractivity contribution in [3.63, 3.8) is 0 Å². The van der Waals surface area contributed by atoms with Crippen LogP contribution in [0.1, 0.15) is 44.2 Å². The van der Waals surface area contributed by atoms with E-state index in [1.54, 1.807) is 0 Å². The van der Waals surface area contributed by atoms with Gasteiger partial charge in [-0.1, -0.05) is 52.8 Å². The zero-order valence-electron chi connectivity index (χ0n) is 19.8. The second kappa shape index (κ2) is 15.4. The standard InChI is InChI=1S/C26H40N3S2/c1-5-22-30-31-23-8-18-27(3)17-7-19-28(4)26-13-11-24(12-14-26)9-10-25-15-20-29(6-2)21-16-25/h9-16,20-21H,5-8,17-19,22-23H2,1-4H3/q+1. The van der Waals surface area contributed by atoms with Crippen molar-refractivity contribution in [1.29, 1.82) is 0 Å². The minimum absolute atomic E-state index is 1.01. The molecule has 0 atom stereocenters. The van der Waals surface area contributed by atoms with Gasteiger partial charge in [0.25, 0.3) is 0 Å². The Balaban J connectivity index is 1.67. The zero-order valence-corrected chi connectivity index (χ0v) is 21.4. The van der Waals surface area contributed by atoms with Gasteiger partial charge in [-0.15, -0.1) is 0 Å². The van der Waals surface area contributed by atoms with Gasteiger partial charge in [0, 0.05) is 42.9 Å². The maximum atomic E-state index is 2.47. The van der Waals surface area contributed by atoms with Crippen LogP contribution in [0, 0.1) is 0 Å². The number of hydrogen-bond acceptors (Lipinski definition) is 4. The maximum Gasteiger partial charge on any atom is 0.169 e. The van der Waals surface area contributed by atoms with Crippen molar-refractivity contribution in [2.75, 3.05) is 50.1 Å². The van der Waals surface area contributed by atoms with Gasteiger partial charge >= 0.3 is 0 Å². The molecule has 1 heterocycles. The summed E-state index contributed by atoms with van der Waals surface area (Å²) in [4.78, 5) is 4.83. The Morgan fingerprint density at radius 1 is 0.774 bits per heavy atom. The average Bonchev–Trinajstić information content (AvgIpc) is 2.80. The van der Waals surface area contributed by atoms with Crippen molar-refractivity contribution < 1.29 is 4.57 Å². The summed E-state index contributed by atoms with van der Waals surface area (Å²) in [5.41, 5.74) is 3.75. The van der Waals surface area contributed by atoms with E-state index >= 15 is 0 Å². The van der Waals surface area contributed by atoms with Crippen LogP contribution in [0.2, 0.25) is 0 Å².